The van der Waals surface area contributed by atoms with Crippen LogP contribution in [0, 0.1) is 0 Å². The number of sulfone groups is 1. The van der Waals surface area contributed by atoms with Crippen molar-refractivity contribution < 1.29 is 21.6 Å². The van der Waals surface area contributed by atoms with E-state index in [9.17, 15) is 21.6 Å². The predicted octanol–water partition coefficient (Wildman–Crippen LogP) is 2.80. The normalized spacial score (nSPS) is 12.7. The zero-order valence-corrected chi connectivity index (χ0v) is 10.4. The zero-order valence-electron chi connectivity index (χ0n) is 8.74. The summed E-state index contributed by atoms with van der Waals surface area (Å²) in [5.74, 6) is 0.307. The lowest BCUT2D eigenvalue weighted by molar-refractivity contribution is -0.137. The third-order valence-electron chi connectivity index (χ3n) is 2.11. The number of rotatable bonds is 4. The Bertz CT molecular complexity index is 463. The molecule has 0 N–H and O–H groups in total. The first-order valence-corrected chi connectivity index (χ1v) is 7.07. The van der Waals surface area contributed by atoms with E-state index in [1.807, 2.05) is 0 Å². The molecule has 17 heavy (non-hydrogen) atoms. The Kier molecular flexibility index (Phi) is 4.48. The largest absolute Gasteiger partial charge is 0.416 e. The number of hydrogen-bond donors (Lipinski definition) is 1. The molecule has 2 nitrogen and oxygen atoms in total. The molecule has 0 saturated heterocycles. The van der Waals surface area contributed by atoms with Crippen LogP contribution in [-0.4, -0.2) is 19.9 Å². The van der Waals surface area contributed by atoms with E-state index in [1.54, 1.807) is 0 Å². The summed E-state index contributed by atoms with van der Waals surface area (Å²) in [6.45, 7) is 0. The lowest BCUT2D eigenvalue weighted by atomic mass is 10.2. The van der Waals surface area contributed by atoms with Gasteiger partial charge in [-0.25, -0.2) is 8.42 Å². The summed E-state index contributed by atoms with van der Waals surface area (Å²) in [4.78, 5) is -0.0905. The van der Waals surface area contributed by atoms with Crippen molar-refractivity contribution in [2.45, 2.75) is 17.5 Å². The van der Waals surface area contributed by atoms with E-state index in [4.69, 9.17) is 0 Å². The maximum Gasteiger partial charge on any atom is 0.416 e. The average molecular weight is 284 g/mol. The molecular weight excluding hydrogens is 273 g/mol. The molecule has 0 fully saturated rings. The third-order valence-corrected chi connectivity index (χ3v) is 4.24. The maximum absolute atomic E-state index is 12.3. The van der Waals surface area contributed by atoms with Crippen LogP contribution in [-0.2, 0) is 16.0 Å². The summed E-state index contributed by atoms with van der Waals surface area (Å²) < 4.78 is 60.1. The number of benzene rings is 1. The van der Waals surface area contributed by atoms with Crippen LogP contribution in [0.15, 0.2) is 29.2 Å². The minimum absolute atomic E-state index is 0.0905. The fourth-order valence-corrected chi connectivity index (χ4v) is 2.91. The molecule has 7 heteroatoms. The number of alkyl halides is 3. The summed E-state index contributed by atoms with van der Waals surface area (Å²) >= 11 is 3.89. The van der Waals surface area contributed by atoms with Gasteiger partial charge in [0.05, 0.1) is 16.2 Å². The quantitative estimate of drug-likeness (QED) is 0.863. The summed E-state index contributed by atoms with van der Waals surface area (Å²) in [6, 6.07) is 3.51. The zero-order chi connectivity index (χ0) is 13.1. The molecule has 1 rings (SSSR count). The summed E-state index contributed by atoms with van der Waals surface area (Å²) in [7, 11) is -3.50. The van der Waals surface area contributed by atoms with Gasteiger partial charge in [-0.15, -0.1) is 0 Å². The Morgan fingerprint density at radius 2 is 1.65 bits per heavy atom. The molecular formula is C10H11F3O2S2. The number of halogens is 3. The second kappa shape index (κ2) is 5.30. The highest BCUT2D eigenvalue weighted by Crippen LogP contribution is 2.29. The second-order valence-corrected chi connectivity index (χ2v) is 5.97. The highest BCUT2D eigenvalue weighted by Gasteiger charge is 2.30. The molecule has 0 radical (unpaired) electrons. The van der Waals surface area contributed by atoms with Crippen LogP contribution in [0.4, 0.5) is 13.2 Å². The Balaban J connectivity index is 2.95. The van der Waals surface area contributed by atoms with E-state index in [-0.39, 0.29) is 10.6 Å². The minimum Gasteiger partial charge on any atom is -0.224 e. The Labute approximate surface area is 103 Å². The smallest absolute Gasteiger partial charge is 0.224 e. The molecule has 0 saturated carbocycles. The Hall–Kier alpha value is -0.690. The fraction of sp³-hybridized carbons (Fsp3) is 0.400. The van der Waals surface area contributed by atoms with Crippen LogP contribution < -0.4 is 0 Å². The standard InChI is InChI=1S/C10H11F3O2S2/c11-10(12,13)8-2-4-9(5-3-8)17(14,15)7-1-6-16/h2-5,16H,1,6-7H2. The lowest BCUT2D eigenvalue weighted by Crippen LogP contribution is -2.09. The highest BCUT2D eigenvalue weighted by atomic mass is 32.2. The van der Waals surface area contributed by atoms with E-state index in [0.717, 1.165) is 24.3 Å². The van der Waals surface area contributed by atoms with Crippen LogP contribution >= 0.6 is 12.6 Å². The molecule has 0 aliphatic carbocycles. The van der Waals surface area contributed by atoms with Crippen molar-refractivity contribution in [2.75, 3.05) is 11.5 Å². The van der Waals surface area contributed by atoms with Gasteiger partial charge in [-0.3, -0.25) is 0 Å². The van der Waals surface area contributed by atoms with Gasteiger partial charge in [-0.1, -0.05) is 0 Å². The van der Waals surface area contributed by atoms with Crippen molar-refractivity contribution in [1.29, 1.82) is 0 Å². The van der Waals surface area contributed by atoms with Crippen LogP contribution in [0.25, 0.3) is 0 Å². The van der Waals surface area contributed by atoms with Crippen molar-refractivity contribution in [3.05, 3.63) is 29.8 Å². The van der Waals surface area contributed by atoms with Gasteiger partial charge in [0.25, 0.3) is 0 Å². The molecule has 96 valence electrons. The molecule has 0 aromatic heterocycles. The van der Waals surface area contributed by atoms with E-state index >= 15 is 0 Å². The van der Waals surface area contributed by atoms with Crippen molar-refractivity contribution in [3.8, 4) is 0 Å². The molecule has 0 amide bonds. The van der Waals surface area contributed by atoms with Crippen LogP contribution in [0.2, 0.25) is 0 Å². The Morgan fingerprint density at radius 3 is 2.06 bits per heavy atom. The first-order valence-electron chi connectivity index (χ1n) is 4.78. The first kappa shape index (κ1) is 14.4. The van der Waals surface area contributed by atoms with Gasteiger partial charge < -0.3 is 0 Å². The van der Waals surface area contributed by atoms with E-state index in [0.29, 0.717) is 12.2 Å². The Morgan fingerprint density at radius 1 is 1.12 bits per heavy atom. The topological polar surface area (TPSA) is 34.1 Å². The monoisotopic (exact) mass is 284 g/mol. The van der Waals surface area contributed by atoms with Crippen molar-refractivity contribution in [3.63, 3.8) is 0 Å². The van der Waals surface area contributed by atoms with E-state index in [2.05, 4.69) is 12.6 Å². The van der Waals surface area contributed by atoms with Crippen molar-refractivity contribution in [2.24, 2.45) is 0 Å². The van der Waals surface area contributed by atoms with Crippen LogP contribution in [0.1, 0.15) is 12.0 Å². The summed E-state index contributed by atoms with van der Waals surface area (Å²) in [5, 5.41) is 0. The van der Waals surface area contributed by atoms with Gasteiger partial charge in [0.15, 0.2) is 9.84 Å². The minimum atomic E-state index is -4.45. The SMILES string of the molecule is O=S(=O)(CCCS)c1ccc(C(F)(F)F)cc1. The average Bonchev–Trinajstić information content (AvgIpc) is 2.25. The summed E-state index contributed by atoms with van der Waals surface area (Å²) in [5.41, 5.74) is -0.856. The number of hydrogen-bond acceptors (Lipinski definition) is 3. The van der Waals surface area contributed by atoms with E-state index in [1.165, 1.54) is 0 Å². The molecule has 0 aliphatic rings. The maximum atomic E-state index is 12.3. The molecule has 0 aliphatic heterocycles. The molecule has 1 aromatic carbocycles. The van der Waals surface area contributed by atoms with E-state index < -0.39 is 21.6 Å². The fourth-order valence-electron chi connectivity index (χ4n) is 1.22. The molecule has 0 heterocycles. The van der Waals surface area contributed by atoms with Gasteiger partial charge >= 0.3 is 6.18 Å². The molecule has 0 atom stereocenters. The van der Waals surface area contributed by atoms with Crippen LogP contribution in [0.3, 0.4) is 0 Å². The third kappa shape index (κ3) is 3.92. The van der Waals surface area contributed by atoms with Crippen molar-refractivity contribution in [1.82, 2.24) is 0 Å². The summed E-state index contributed by atoms with van der Waals surface area (Å²) in [6.07, 6.45) is -4.08. The number of thiol groups is 1. The lowest BCUT2D eigenvalue weighted by Gasteiger charge is -2.08. The van der Waals surface area contributed by atoms with Gasteiger partial charge in [0.1, 0.15) is 0 Å². The molecule has 0 spiro atoms. The van der Waals surface area contributed by atoms with Gasteiger partial charge in [0, 0.05) is 0 Å². The molecule has 1 aromatic rings. The van der Waals surface area contributed by atoms with Crippen LogP contribution in [0.5, 0.6) is 0 Å². The molecule has 0 unspecified atom stereocenters. The van der Waals surface area contributed by atoms with Gasteiger partial charge in [0.2, 0.25) is 0 Å². The van der Waals surface area contributed by atoms with Gasteiger partial charge in [-0.05, 0) is 36.4 Å². The first-order chi connectivity index (χ1) is 7.77. The molecule has 0 bridgehead atoms. The van der Waals surface area contributed by atoms with Crippen molar-refractivity contribution >= 4 is 22.5 Å². The predicted molar refractivity (Wildman–Crippen MR) is 62.0 cm³/mol. The highest BCUT2D eigenvalue weighted by molar-refractivity contribution is 7.91. The van der Waals surface area contributed by atoms with Gasteiger partial charge in [-0.2, -0.15) is 25.8 Å². The second-order valence-electron chi connectivity index (χ2n) is 3.42.